The largest absolute Gasteiger partial charge is 0.311 e. The van der Waals surface area contributed by atoms with Crippen molar-refractivity contribution in [3.8, 4) is 0 Å². The number of likely N-dealkylation sites (tertiary alicyclic amines) is 1. The molecule has 1 saturated heterocycles. The fourth-order valence-electron chi connectivity index (χ4n) is 2.66. The number of unbranched alkanes of at least 4 members (excludes halogenated alkanes) is 1. The van der Waals surface area contributed by atoms with Crippen LogP contribution in [0.3, 0.4) is 0 Å². The van der Waals surface area contributed by atoms with E-state index in [1.165, 1.54) is 58.2 Å². The Hall–Kier alpha value is -0.0800. The Bertz CT molecular complexity index is 164. The molecule has 1 fully saturated rings. The van der Waals surface area contributed by atoms with Gasteiger partial charge in [0.25, 0.3) is 0 Å². The standard InChI is InChI=1S/C14H30N2/c1-4-5-9-13(2)15-14(3)12-16-10-7-6-8-11-16/h13-15H,4-12H2,1-3H3. The maximum absolute atomic E-state index is 3.72. The number of hydrogen-bond acceptors (Lipinski definition) is 2. The predicted octanol–water partition coefficient (Wildman–Crippen LogP) is 3.03. The average Bonchev–Trinajstić information content (AvgIpc) is 2.27. The fourth-order valence-corrected chi connectivity index (χ4v) is 2.66. The summed E-state index contributed by atoms with van der Waals surface area (Å²) in [6.07, 6.45) is 8.22. The highest BCUT2D eigenvalue weighted by atomic mass is 15.2. The van der Waals surface area contributed by atoms with Crippen LogP contribution in [0.15, 0.2) is 0 Å². The lowest BCUT2D eigenvalue weighted by atomic mass is 10.1. The van der Waals surface area contributed by atoms with Crippen molar-refractivity contribution in [3.05, 3.63) is 0 Å². The minimum atomic E-state index is 0.643. The van der Waals surface area contributed by atoms with E-state index in [9.17, 15) is 0 Å². The van der Waals surface area contributed by atoms with Crippen LogP contribution in [0.4, 0.5) is 0 Å². The van der Waals surface area contributed by atoms with Crippen molar-refractivity contribution in [1.82, 2.24) is 10.2 Å². The van der Waals surface area contributed by atoms with Crippen molar-refractivity contribution in [1.29, 1.82) is 0 Å². The molecule has 1 rings (SSSR count). The molecule has 0 aromatic rings. The van der Waals surface area contributed by atoms with Crippen LogP contribution in [-0.4, -0.2) is 36.6 Å². The molecule has 2 nitrogen and oxygen atoms in total. The van der Waals surface area contributed by atoms with Gasteiger partial charge < -0.3 is 10.2 Å². The number of piperidine rings is 1. The first-order valence-electron chi connectivity index (χ1n) is 7.20. The molecule has 2 unspecified atom stereocenters. The van der Waals surface area contributed by atoms with E-state index in [2.05, 4.69) is 31.0 Å². The third kappa shape index (κ3) is 5.86. The summed E-state index contributed by atoms with van der Waals surface area (Å²) in [5.41, 5.74) is 0. The lowest BCUT2D eigenvalue weighted by molar-refractivity contribution is 0.204. The SMILES string of the molecule is CCCCC(C)NC(C)CN1CCCCC1. The van der Waals surface area contributed by atoms with Crippen LogP contribution in [0.5, 0.6) is 0 Å². The number of nitrogens with one attached hydrogen (secondary N) is 1. The maximum atomic E-state index is 3.72. The summed E-state index contributed by atoms with van der Waals surface area (Å²) in [4.78, 5) is 2.62. The molecule has 2 atom stereocenters. The Morgan fingerprint density at radius 3 is 2.38 bits per heavy atom. The molecule has 1 heterocycles. The molecule has 2 heteroatoms. The molecule has 1 N–H and O–H groups in total. The van der Waals surface area contributed by atoms with E-state index in [0.29, 0.717) is 12.1 Å². The number of hydrogen-bond donors (Lipinski definition) is 1. The zero-order valence-electron chi connectivity index (χ0n) is 11.5. The molecule has 1 aliphatic heterocycles. The Balaban J connectivity index is 2.11. The Morgan fingerprint density at radius 2 is 1.75 bits per heavy atom. The minimum Gasteiger partial charge on any atom is -0.311 e. The second-order valence-corrected chi connectivity index (χ2v) is 5.47. The van der Waals surface area contributed by atoms with E-state index in [1.807, 2.05) is 0 Å². The van der Waals surface area contributed by atoms with Crippen LogP contribution in [0.1, 0.15) is 59.3 Å². The smallest absolute Gasteiger partial charge is 0.0169 e. The average molecular weight is 226 g/mol. The van der Waals surface area contributed by atoms with Gasteiger partial charge in [-0.2, -0.15) is 0 Å². The molecule has 0 spiro atoms. The highest BCUT2D eigenvalue weighted by Gasteiger charge is 2.14. The third-order valence-electron chi connectivity index (χ3n) is 3.54. The first-order chi connectivity index (χ1) is 7.72. The summed E-state index contributed by atoms with van der Waals surface area (Å²) in [6, 6.07) is 1.32. The summed E-state index contributed by atoms with van der Waals surface area (Å²) in [6.45, 7) is 10.8. The van der Waals surface area contributed by atoms with Gasteiger partial charge in [0.15, 0.2) is 0 Å². The lowest BCUT2D eigenvalue weighted by Crippen LogP contribution is -2.44. The second-order valence-electron chi connectivity index (χ2n) is 5.47. The third-order valence-corrected chi connectivity index (χ3v) is 3.54. The van der Waals surface area contributed by atoms with Gasteiger partial charge >= 0.3 is 0 Å². The van der Waals surface area contributed by atoms with Crippen molar-refractivity contribution >= 4 is 0 Å². The first-order valence-corrected chi connectivity index (χ1v) is 7.20. The van der Waals surface area contributed by atoms with Gasteiger partial charge in [-0.15, -0.1) is 0 Å². The van der Waals surface area contributed by atoms with Gasteiger partial charge in [-0.1, -0.05) is 26.2 Å². The minimum absolute atomic E-state index is 0.643. The fraction of sp³-hybridized carbons (Fsp3) is 1.00. The van der Waals surface area contributed by atoms with Crippen molar-refractivity contribution < 1.29 is 0 Å². The summed E-state index contributed by atoms with van der Waals surface area (Å²) >= 11 is 0. The monoisotopic (exact) mass is 226 g/mol. The van der Waals surface area contributed by atoms with Gasteiger partial charge in [-0.05, 0) is 46.2 Å². The zero-order chi connectivity index (χ0) is 11.8. The second kappa shape index (κ2) is 8.08. The Morgan fingerprint density at radius 1 is 1.06 bits per heavy atom. The normalized spacial score (nSPS) is 21.9. The number of nitrogens with zero attached hydrogens (tertiary/aromatic N) is 1. The molecular weight excluding hydrogens is 196 g/mol. The van der Waals surface area contributed by atoms with Crippen molar-refractivity contribution in [2.75, 3.05) is 19.6 Å². The molecule has 0 aliphatic carbocycles. The quantitative estimate of drug-likeness (QED) is 0.718. The maximum Gasteiger partial charge on any atom is 0.0169 e. The lowest BCUT2D eigenvalue weighted by Gasteiger charge is -2.30. The van der Waals surface area contributed by atoms with Gasteiger partial charge in [0, 0.05) is 18.6 Å². The van der Waals surface area contributed by atoms with Gasteiger partial charge in [0.05, 0.1) is 0 Å². The Kier molecular flexibility index (Phi) is 7.06. The molecule has 0 amide bonds. The number of rotatable bonds is 7. The van der Waals surface area contributed by atoms with E-state index in [-0.39, 0.29) is 0 Å². The molecule has 0 aromatic heterocycles. The van der Waals surface area contributed by atoms with Crippen LogP contribution in [0.2, 0.25) is 0 Å². The summed E-state index contributed by atoms with van der Waals surface area (Å²) in [7, 11) is 0. The van der Waals surface area contributed by atoms with Crippen molar-refractivity contribution in [3.63, 3.8) is 0 Å². The van der Waals surface area contributed by atoms with E-state index in [4.69, 9.17) is 0 Å². The molecule has 0 bridgehead atoms. The van der Waals surface area contributed by atoms with E-state index in [0.717, 1.165) is 0 Å². The van der Waals surface area contributed by atoms with Crippen molar-refractivity contribution in [2.45, 2.75) is 71.4 Å². The van der Waals surface area contributed by atoms with Gasteiger partial charge in [-0.3, -0.25) is 0 Å². The first kappa shape index (κ1) is 14.0. The molecule has 0 aromatic carbocycles. The molecule has 0 saturated carbocycles. The molecule has 1 aliphatic rings. The van der Waals surface area contributed by atoms with E-state index in [1.54, 1.807) is 0 Å². The van der Waals surface area contributed by atoms with E-state index >= 15 is 0 Å². The van der Waals surface area contributed by atoms with Crippen molar-refractivity contribution in [2.24, 2.45) is 0 Å². The highest BCUT2D eigenvalue weighted by molar-refractivity contribution is 4.73. The molecule has 96 valence electrons. The highest BCUT2D eigenvalue weighted by Crippen LogP contribution is 2.09. The summed E-state index contributed by atoms with van der Waals surface area (Å²) in [5, 5.41) is 3.72. The van der Waals surface area contributed by atoms with Crippen LogP contribution < -0.4 is 5.32 Å². The van der Waals surface area contributed by atoms with E-state index < -0.39 is 0 Å². The zero-order valence-corrected chi connectivity index (χ0v) is 11.5. The van der Waals surface area contributed by atoms with Crippen LogP contribution >= 0.6 is 0 Å². The summed E-state index contributed by atoms with van der Waals surface area (Å²) in [5.74, 6) is 0. The summed E-state index contributed by atoms with van der Waals surface area (Å²) < 4.78 is 0. The predicted molar refractivity (Wildman–Crippen MR) is 71.9 cm³/mol. The van der Waals surface area contributed by atoms with Gasteiger partial charge in [0.1, 0.15) is 0 Å². The topological polar surface area (TPSA) is 15.3 Å². The van der Waals surface area contributed by atoms with Crippen LogP contribution in [0.25, 0.3) is 0 Å². The van der Waals surface area contributed by atoms with Gasteiger partial charge in [0.2, 0.25) is 0 Å². The van der Waals surface area contributed by atoms with Crippen LogP contribution in [-0.2, 0) is 0 Å². The van der Waals surface area contributed by atoms with Crippen LogP contribution in [0, 0.1) is 0 Å². The Labute approximate surface area is 102 Å². The van der Waals surface area contributed by atoms with Gasteiger partial charge in [-0.25, -0.2) is 0 Å². The molecule has 16 heavy (non-hydrogen) atoms. The molecular formula is C14H30N2. The molecule has 0 radical (unpaired) electrons.